The van der Waals surface area contributed by atoms with E-state index in [1.54, 1.807) is 17.7 Å². The summed E-state index contributed by atoms with van der Waals surface area (Å²) in [6.45, 7) is 2.97. The van der Waals surface area contributed by atoms with Crippen molar-refractivity contribution >= 4 is 27.7 Å². The molecule has 190 valence electrons. The largest absolute Gasteiger partial charge is 0.490 e. The van der Waals surface area contributed by atoms with Crippen LogP contribution in [0.4, 0.5) is 19.4 Å². The van der Waals surface area contributed by atoms with E-state index in [0.29, 0.717) is 17.4 Å². The Morgan fingerprint density at radius 1 is 1.11 bits per heavy atom. The number of aromatic nitrogens is 3. The summed E-state index contributed by atoms with van der Waals surface area (Å²) in [5.74, 6) is -1.62. The molecule has 0 fully saturated rings. The number of halogens is 6. The first-order valence-corrected chi connectivity index (χ1v) is 12.6. The molecular weight excluding hydrogens is 519 g/mol. The lowest BCUT2D eigenvalue weighted by molar-refractivity contribution is 0.0567. The Hall–Kier alpha value is -3.06. The second-order valence-electron chi connectivity index (χ2n) is 8.20. The maximum Gasteiger partial charge on any atom is 0.313 e. The van der Waals surface area contributed by atoms with Crippen LogP contribution < -0.4 is 10.3 Å². The maximum absolute atomic E-state index is 13.4. The highest BCUT2D eigenvalue weighted by atomic mass is 35.5. The number of rotatable bonds is 6. The van der Waals surface area contributed by atoms with Gasteiger partial charge in [0.05, 0.1) is 18.1 Å². The summed E-state index contributed by atoms with van der Waals surface area (Å²) in [5, 5.41) is -0.521. The molecule has 2 aromatic heterocycles. The van der Waals surface area contributed by atoms with Crippen molar-refractivity contribution in [2.45, 2.75) is 31.3 Å². The predicted octanol–water partition coefficient (Wildman–Crippen LogP) is 5.58. The first kappa shape index (κ1) is 25.0. The Labute approximate surface area is 201 Å². The monoisotopic (exact) mass is 538 g/mol. The summed E-state index contributed by atoms with van der Waals surface area (Å²) in [7, 11) is -10.1. The standard InChI is InChI=1S/C21H20ClF5N4O3S/c1-13-10-29(12-28-13)16-4-5-17-21(33)30(7-8-31(17)20(16)32)14(2)11-34-18-6-3-15(22)9-19(18)35(23,24,25,26)27/h3-6,9-10,12,14H,7-8,11H2,1-2H3/t14-/m0/s1. The van der Waals surface area contributed by atoms with Crippen LogP contribution in [0.5, 0.6) is 5.75 Å². The van der Waals surface area contributed by atoms with E-state index in [0.717, 1.165) is 6.07 Å². The van der Waals surface area contributed by atoms with E-state index in [-0.39, 0.29) is 24.8 Å². The normalized spacial score (nSPS) is 16.9. The van der Waals surface area contributed by atoms with E-state index in [2.05, 4.69) is 4.98 Å². The van der Waals surface area contributed by atoms with Crippen LogP contribution in [0, 0.1) is 6.92 Å². The Bertz CT molecular complexity index is 1390. The van der Waals surface area contributed by atoms with Crippen LogP contribution in [0.2, 0.25) is 5.02 Å². The lowest BCUT2D eigenvalue weighted by atomic mass is 10.2. The zero-order chi connectivity index (χ0) is 25.8. The molecule has 1 aliphatic heterocycles. The summed E-state index contributed by atoms with van der Waals surface area (Å²) in [6.07, 6.45) is 3.14. The molecule has 35 heavy (non-hydrogen) atoms. The van der Waals surface area contributed by atoms with Crippen molar-refractivity contribution in [1.29, 1.82) is 0 Å². The molecule has 1 aromatic carbocycles. The molecule has 7 nitrogen and oxygen atoms in total. The van der Waals surface area contributed by atoms with Gasteiger partial charge in [-0.15, -0.1) is 0 Å². The highest BCUT2D eigenvalue weighted by Gasteiger charge is 2.67. The highest BCUT2D eigenvalue weighted by molar-refractivity contribution is 8.45. The van der Waals surface area contributed by atoms with Crippen molar-refractivity contribution in [3.05, 3.63) is 69.6 Å². The van der Waals surface area contributed by atoms with Crippen LogP contribution in [0.25, 0.3) is 5.69 Å². The smallest absolute Gasteiger partial charge is 0.313 e. The van der Waals surface area contributed by atoms with Crippen molar-refractivity contribution in [2.24, 2.45) is 0 Å². The number of amides is 1. The number of ether oxygens (including phenoxy) is 1. The minimum atomic E-state index is -10.1. The van der Waals surface area contributed by atoms with Gasteiger partial charge in [-0.2, -0.15) is 0 Å². The molecule has 0 radical (unpaired) electrons. The van der Waals surface area contributed by atoms with Crippen molar-refractivity contribution in [2.75, 3.05) is 13.2 Å². The quantitative estimate of drug-likeness (QED) is 0.384. The number of carbonyl (C=O) groups is 1. The number of aryl methyl sites for hydroxylation is 1. The fourth-order valence-corrected chi connectivity index (χ4v) is 4.90. The molecule has 0 spiro atoms. The van der Waals surface area contributed by atoms with Gasteiger partial charge in [0.1, 0.15) is 28.6 Å². The molecule has 0 saturated carbocycles. The molecule has 0 unspecified atom stereocenters. The Kier molecular flexibility index (Phi) is 5.52. The number of hydrogen-bond acceptors (Lipinski definition) is 4. The molecule has 0 N–H and O–H groups in total. The van der Waals surface area contributed by atoms with E-state index in [9.17, 15) is 29.0 Å². The number of carbonyl (C=O) groups excluding carboxylic acids is 1. The molecule has 3 heterocycles. The van der Waals surface area contributed by atoms with Crippen molar-refractivity contribution in [3.8, 4) is 11.4 Å². The molecule has 1 atom stereocenters. The first-order chi connectivity index (χ1) is 16.0. The van der Waals surface area contributed by atoms with Crippen LogP contribution in [0.3, 0.4) is 0 Å². The average Bonchev–Trinajstić information content (AvgIpc) is 3.18. The van der Waals surface area contributed by atoms with Gasteiger partial charge in [0.25, 0.3) is 11.5 Å². The molecule has 0 bridgehead atoms. The highest BCUT2D eigenvalue weighted by Crippen LogP contribution is 3.03. The van der Waals surface area contributed by atoms with Crippen LogP contribution in [0.15, 0.2) is 52.5 Å². The molecule has 1 aliphatic rings. The van der Waals surface area contributed by atoms with E-state index in [4.69, 9.17) is 16.3 Å². The van der Waals surface area contributed by atoms with Gasteiger partial charge in [-0.1, -0.05) is 31.0 Å². The van der Waals surface area contributed by atoms with E-state index in [1.807, 2.05) is 0 Å². The minimum absolute atomic E-state index is 0.0672. The molecule has 0 aliphatic carbocycles. The average molecular weight is 539 g/mol. The summed E-state index contributed by atoms with van der Waals surface area (Å²) >= 11 is 5.51. The number of benzene rings is 1. The van der Waals surface area contributed by atoms with Crippen molar-refractivity contribution < 1.29 is 29.0 Å². The van der Waals surface area contributed by atoms with E-state index >= 15 is 0 Å². The Balaban J connectivity index is 1.55. The number of fused-ring (bicyclic) bond motifs is 1. The Morgan fingerprint density at radius 3 is 2.46 bits per heavy atom. The lowest BCUT2D eigenvalue weighted by Crippen LogP contribution is -2.50. The summed E-state index contributed by atoms with van der Waals surface area (Å²) < 4.78 is 75.2. The zero-order valence-corrected chi connectivity index (χ0v) is 20.0. The summed E-state index contributed by atoms with van der Waals surface area (Å²) in [6, 6.07) is 4.00. The zero-order valence-electron chi connectivity index (χ0n) is 18.4. The number of nitrogens with zero attached hydrogens (tertiary/aromatic N) is 4. The number of pyridine rings is 1. The minimum Gasteiger partial charge on any atom is -0.490 e. The van der Waals surface area contributed by atoms with Gasteiger partial charge < -0.3 is 18.8 Å². The van der Waals surface area contributed by atoms with Crippen LogP contribution >= 0.6 is 21.8 Å². The van der Waals surface area contributed by atoms with Crippen LogP contribution in [0.1, 0.15) is 23.1 Å². The van der Waals surface area contributed by atoms with Gasteiger partial charge in [-0.3, -0.25) is 9.59 Å². The molecule has 0 saturated heterocycles. The van der Waals surface area contributed by atoms with Gasteiger partial charge >= 0.3 is 10.2 Å². The molecule has 1 amide bonds. The number of hydrogen-bond donors (Lipinski definition) is 0. The van der Waals surface area contributed by atoms with Crippen LogP contribution in [-0.4, -0.2) is 44.1 Å². The van der Waals surface area contributed by atoms with Crippen molar-refractivity contribution in [1.82, 2.24) is 19.0 Å². The van der Waals surface area contributed by atoms with Gasteiger partial charge in [0, 0.05) is 24.3 Å². The van der Waals surface area contributed by atoms with E-state index < -0.39 is 50.0 Å². The fraction of sp³-hybridized carbons (Fsp3) is 0.286. The second kappa shape index (κ2) is 7.72. The molecule has 4 rings (SSSR count). The second-order valence-corrected chi connectivity index (χ2v) is 11.0. The van der Waals surface area contributed by atoms with Gasteiger partial charge in [0.15, 0.2) is 0 Å². The predicted molar refractivity (Wildman–Crippen MR) is 121 cm³/mol. The summed E-state index contributed by atoms with van der Waals surface area (Å²) in [4.78, 5) is 29.1. The van der Waals surface area contributed by atoms with Gasteiger partial charge in [-0.25, -0.2) is 4.98 Å². The SMILES string of the molecule is Cc1cn(-c2ccc3n(c2=O)CCN([C@@H](C)COc2ccc(Cl)cc2S(F)(F)(F)(F)F)C3=O)cn1. The van der Waals surface area contributed by atoms with Crippen molar-refractivity contribution in [3.63, 3.8) is 0 Å². The van der Waals surface area contributed by atoms with Crippen LogP contribution in [-0.2, 0) is 6.54 Å². The molecular formula is C21H20ClF5N4O3S. The molecule has 14 heteroatoms. The molecule has 3 aromatic rings. The lowest BCUT2D eigenvalue weighted by Gasteiger charge is -2.41. The Morgan fingerprint density at radius 2 is 1.83 bits per heavy atom. The topological polar surface area (TPSA) is 69.4 Å². The third-order valence-electron chi connectivity index (χ3n) is 5.52. The maximum atomic E-state index is 13.4. The van der Waals surface area contributed by atoms with E-state index in [1.165, 1.54) is 34.9 Å². The summed E-state index contributed by atoms with van der Waals surface area (Å²) in [5.41, 5.74) is 0.696. The number of imidazole rings is 1. The third-order valence-corrected chi connectivity index (χ3v) is 6.91. The van der Waals surface area contributed by atoms with Gasteiger partial charge in [-0.05, 0) is 44.2 Å². The first-order valence-electron chi connectivity index (χ1n) is 10.3. The fourth-order valence-electron chi connectivity index (χ4n) is 3.80. The third kappa shape index (κ3) is 5.01. The van der Waals surface area contributed by atoms with Gasteiger partial charge in [0.2, 0.25) is 0 Å².